The zero-order chi connectivity index (χ0) is 19.3. The number of carbonyl (C=O) groups excluding carboxylic acids is 2. The van der Waals surface area contributed by atoms with Crippen molar-refractivity contribution < 1.29 is 22.8 Å². The van der Waals surface area contributed by atoms with Crippen LogP contribution in [0, 0.1) is 0 Å². The minimum Gasteiger partial charge on any atom is -0.325 e. The Hall–Kier alpha value is -2.39. The molecular formula is C16H13ClF3N3O2S. The van der Waals surface area contributed by atoms with Crippen LogP contribution in [0.1, 0.15) is 28.6 Å². The molecule has 0 unspecified atom stereocenters. The Morgan fingerprint density at radius 1 is 1.27 bits per heavy atom. The summed E-state index contributed by atoms with van der Waals surface area (Å²) in [7, 11) is 0. The Bertz CT molecular complexity index is 836. The number of benzene rings is 1. The molecule has 2 rings (SSSR count). The number of anilines is 1. The fourth-order valence-corrected chi connectivity index (χ4v) is 2.72. The monoisotopic (exact) mass is 403 g/mol. The number of thiophene rings is 1. The standard InChI is InChI=1S/C16H13ClF3N3O2S/c1-9(22-23-15(25)13-3-2-6-26-13)7-14(24)21-12-5-4-10(17)8-11(12)16(18,19)20/h2-6,8H,7H2,1H3,(H,21,24)(H,23,25)/b22-9+. The molecule has 1 heterocycles. The summed E-state index contributed by atoms with van der Waals surface area (Å²) in [5.41, 5.74) is 1.07. The summed E-state index contributed by atoms with van der Waals surface area (Å²) in [6, 6.07) is 6.37. The van der Waals surface area contributed by atoms with Crippen molar-refractivity contribution in [2.75, 3.05) is 5.32 Å². The molecule has 0 bridgehead atoms. The predicted octanol–water partition coefficient (Wildman–Crippen LogP) is 4.55. The number of rotatable bonds is 5. The van der Waals surface area contributed by atoms with Crippen LogP contribution in [0.15, 0.2) is 40.8 Å². The number of hydrogen-bond donors (Lipinski definition) is 2. The number of halogens is 4. The normalized spacial score (nSPS) is 12.0. The van der Waals surface area contributed by atoms with Gasteiger partial charge in [0.25, 0.3) is 5.91 Å². The van der Waals surface area contributed by atoms with Gasteiger partial charge in [0.1, 0.15) is 0 Å². The van der Waals surface area contributed by atoms with Crippen molar-refractivity contribution in [2.45, 2.75) is 19.5 Å². The van der Waals surface area contributed by atoms with Crippen LogP contribution in [-0.4, -0.2) is 17.5 Å². The first kappa shape index (κ1) is 19.9. The van der Waals surface area contributed by atoms with Gasteiger partial charge in [-0.05, 0) is 36.6 Å². The lowest BCUT2D eigenvalue weighted by molar-refractivity contribution is -0.137. The first-order valence-electron chi connectivity index (χ1n) is 7.20. The topological polar surface area (TPSA) is 70.6 Å². The van der Waals surface area contributed by atoms with E-state index < -0.39 is 29.2 Å². The summed E-state index contributed by atoms with van der Waals surface area (Å²) in [6.45, 7) is 1.47. The highest BCUT2D eigenvalue weighted by atomic mass is 35.5. The predicted molar refractivity (Wildman–Crippen MR) is 94.6 cm³/mol. The van der Waals surface area contributed by atoms with Crippen LogP contribution in [0.3, 0.4) is 0 Å². The molecule has 0 fully saturated rings. The maximum Gasteiger partial charge on any atom is 0.418 e. The van der Waals surface area contributed by atoms with Gasteiger partial charge in [0.2, 0.25) is 5.91 Å². The number of carbonyl (C=O) groups is 2. The van der Waals surface area contributed by atoms with Crippen LogP contribution >= 0.6 is 22.9 Å². The minimum absolute atomic E-state index is 0.0932. The zero-order valence-corrected chi connectivity index (χ0v) is 14.9. The molecule has 138 valence electrons. The number of alkyl halides is 3. The SMILES string of the molecule is C/C(CC(=O)Nc1ccc(Cl)cc1C(F)(F)F)=N\NC(=O)c1cccs1. The number of amides is 2. The molecule has 0 aliphatic carbocycles. The number of nitrogens with one attached hydrogen (secondary N) is 2. The maximum absolute atomic E-state index is 13.0. The number of hydrazone groups is 1. The molecule has 26 heavy (non-hydrogen) atoms. The molecule has 0 aliphatic heterocycles. The summed E-state index contributed by atoms with van der Waals surface area (Å²) < 4.78 is 39.0. The summed E-state index contributed by atoms with van der Waals surface area (Å²) >= 11 is 6.81. The second-order valence-electron chi connectivity index (χ2n) is 5.18. The second kappa shape index (κ2) is 8.33. The Balaban J connectivity index is 2.00. The molecule has 2 aromatic rings. The molecule has 10 heteroatoms. The Kier molecular flexibility index (Phi) is 6.38. The molecule has 0 aliphatic rings. The Morgan fingerprint density at radius 2 is 2.00 bits per heavy atom. The van der Waals surface area contributed by atoms with E-state index in [-0.39, 0.29) is 17.2 Å². The zero-order valence-electron chi connectivity index (χ0n) is 13.4. The fraction of sp³-hybridized carbons (Fsp3) is 0.188. The molecule has 1 aromatic carbocycles. The highest BCUT2D eigenvalue weighted by Crippen LogP contribution is 2.36. The van der Waals surface area contributed by atoms with Crippen molar-refractivity contribution in [3.63, 3.8) is 0 Å². The van der Waals surface area contributed by atoms with Gasteiger partial charge >= 0.3 is 6.18 Å². The highest BCUT2D eigenvalue weighted by Gasteiger charge is 2.34. The molecule has 5 nitrogen and oxygen atoms in total. The van der Waals surface area contributed by atoms with Crippen LogP contribution in [0.2, 0.25) is 5.02 Å². The van der Waals surface area contributed by atoms with Gasteiger partial charge in [0.15, 0.2) is 0 Å². The largest absolute Gasteiger partial charge is 0.418 e. The van der Waals surface area contributed by atoms with E-state index in [1.165, 1.54) is 24.3 Å². The van der Waals surface area contributed by atoms with Crippen molar-refractivity contribution in [3.05, 3.63) is 51.2 Å². The third-order valence-electron chi connectivity index (χ3n) is 3.07. The van der Waals surface area contributed by atoms with Gasteiger partial charge in [0, 0.05) is 10.7 Å². The number of nitrogens with zero attached hydrogens (tertiary/aromatic N) is 1. The van der Waals surface area contributed by atoms with E-state index in [0.717, 1.165) is 12.1 Å². The average molecular weight is 404 g/mol. The van der Waals surface area contributed by atoms with Crippen molar-refractivity contribution >= 4 is 46.2 Å². The van der Waals surface area contributed by atoms with E-state index in [2.05, 4.69) is 15.8 Å². The lowest BCUT2D eigenvalue weighted by Crippen LogP contribution is -2.21. The van der Waals surface area contributed by atoms with Crippen LogP contribution in [0.5, 0.6) is 0 Å². The van der Waals surface area contributed by atoms with Crippen molar-refractivity contribution in [1.29, 1.82) is 0 Å². The Morgan fingerprint density at radius 3 is 2.62 bits per heavy atom. The minimum atomic E-state index is -4.66. The molecule has 0 saturated heterocycles. The molecule has 0 spiro atoms. The summed E-state index contributed by atoms with van der Waals surface area (Å²) in [5.74, 6) is -1.14. The van der Waals surface area contributed by atoms with E-state index in [1.807, 2.05) is 0 Å². The van der Waals surface area contributed by atoms with Gasteiger partial charge in [-0.15, -0.1) is 11.3 Å². The first-order valence-corrected chi connectivity index (χ1v) is 8.46. The lowest BCUT2D eigenvalue weighted by atomic mass is 10.1. The van der Waals surface area contributed by atoms with Gasteiger partial charge in [-0.1, -0.05) is 17.7 Å². The van der Waals surface area contributed by atoms with Gasteiger partial charge in [-0.25, -0.2) is 5.43 Å². The highest BCUT2D eigenvalue weighted by molar-refractivity contribution is 7.12. The van der Waals surface area contributed by atoms with E-state index in [4.69, 9.17) is 11.6 Å². The van der Waals surface area contributed by atoms with Crippen LogP contribution in [0.4, 0.5) is 18.9 Å². The van der Waals surface area contributed by atoms with Gasteiger partial charge in [-0.2, -0.15) is 18.3 Å². The summed E-state index contributed by atoms with van der Waals surface area (Å²) in [4.78, 5) is 24.1. The van der Waals surface area contributed by atoms with Crippen LogP contribution in [0.25, 0.3) is 0 Å². The molecular weight excluding hydrogens is 391 g/mol. The molecule has 0 saturated carbocycles. The molecule has 2 amide bonds. The summed E-state index contributed by atoms with van der Waals surface area (Å²) in [5, 5.41) is 7.58. The van der Waals surface area contributed by atoms with Crippen molar-refractivity contribution in [1.82, 2.24) is 5.43 Å². The van der Waals surface area contributed by atoms with Crippen LogP contribution < -0.4 is 10.7 Å². The van der Waals surface area contributed by atoms with Gasteiger partial charge < -0.3 is 5.32 Å². The Labute approximate surface area is 155 Å². The fourth-order valence-electron chi connectivity index (χ4n) is 1.94. The number of hydrogen-bond acceptors (Lipinski definition) is 4. The van der Waals surface area contributed by atoms with E-state index >= 15 is 0 Å². The summed E-state index contributed by atoms with van der Waals surface area (Å²) in [6.07, 6.45) is -4.95. The third-order valence-corrected chi connectivity index (χ3v) is 4.17. The van der Waals surface area contributed by atoms with E-state index in [9.17, 15) is 22.8 Å². The van der Waals surface area contributed by atoms with E-state index in [1.54, 1.807) is 17.5 Å². The smallest absolute Gasteiger partial charge is 0.325 e. The molecule has 2 N–H and O–H groups in total. The van der Waals surface area contributed by atoms with Crippen molar-refractivity contribution in [2.24, 2.45) is 5.10 Å². The molecule has 0 radical (unpaired) electrons. The molecule has 0 atom stereocenters. The quantitative estimate of drug-likeness (QED) is 0.567. The van der Waals surface area contributed by atoms with E-state index in [0.29, 0.717) is 4.88 Å². The molecule has 1 aromatic heterocycles. The first-order chi connectivity index (χ1) is 12.2. The van der Waals surface area contributed by atoms with Crippen molar-refractivity contribution in [3.8, 4) is 0 Å². The maximum atomic E-state index is 13.0. The van der Waals surface area contributed by atoms with Gasteiger partial charge in [-0.3, -0.25) is 9.59 Å². The average Bonchev–Trinajstić information content (AvgIpc) is 3.07. The van der Waals surface area contributed by atoms with Crippen LogP contribution in [-0.2, 0) is 11.0 Å². The third kappa shape index (κ3) is 5.57. The second-order valence-corrected chi connectivity index (χ2v) is 6.56. The van der Waals surface area contributed by atoms with Gasteiger partial charge in [0.05, 0.1) is 22.5 Å². The lowest BCUT2D eigenvalue weighted by Gasteiger charge is -2.14.